The van der Waals surface area contributed by atoms with E-state index >= 15 is 0 Å². The molecule has 0 saturated heterocycles. The van der Waals surface area contributed by atoms with E-state index < -0.39 is 11.7 Å². The number of para-hydroxylation sites is 1. The fourth-order valence-corrected chi connectivity index (χ4v) is 2.92. The Kier molecular flexibility index (Phi) is 5.59. The summed E-state index contributed by atoms with van der Waals surface area (Å²) in [6, 6.07) is 14.9. The number of amides is 2. The number of halogens is 1. The molecule has 6 heteroatoms. The second-order valence-corrected chi connectivity index (χ2v) is 6.62. The Hall–Kier alpha value is -3.41. The number of nitrogens with zero attached hydrogens (tertiary/aromatic N) is 1. The van der Waals surface area contributed by atoms with Gasteiger partial charge in [0.25, 0.3) is 5.91 Å². The van der Waals surface area contributed by atoms with Crippen molar-refractivity contribution in [3.63, 3.8) is 0 Å². The van der Waals surface area contributed by atoms with Crippen molar-refractivity contribution >= 4 is 17.5 Å². The summed E-state index contributed by atoms with van der Waals surface area (Å²) in [6.07, 6.45) is 0. The summed E-state index contributed by atoms with van der Waals surface area (Å²) in [5.74, 6) is -0.902. The number of nitrogens with one attached hydrogen (secondary N) is 1. The highest BCUT2D eigenvalue weighted by atomic mass is 19.1. The molecule has 2 aromatic carbocycles. The molecule has 1 heterocycles. The summed E-state index contributed by atoms with van der Waals surface area (Å²) in [5, 5.41) is 2.84. The lowest BCUT2D eigenvalue weighted by molar-refractivity contribution is -0.116. The molecule has 0 bridgehead atoms. The fraction of sp³-hybridized carbons (Fsp3) is 0.182. The number of benzene rings is 2. The minimum Gasteiger partial charge on any atom is -0.451 e. The van der Waals surface area contributed by atoms with Gasteiger partial charge in [-0.05, 0) is 49.2 Å². The van der Waals surface area contributed by atoms with Crippen LogP contribution in [0, 0.1) is 19.7 Å². The normalized spacial score (nSPS) is 10.6. The van der Waals surface area contributed by atoms with Gasteiger partial charge in [-0.2, -0.15) is 0 Å². The molecule has 28 heavy (non-hydrogen) atoms. The highest BCUT2D eigenvalue weighted by Gasteiger charge is 2.20. The van der Waals surface area contributed by atoms with Crippen molar-refractivity contribution in [1.82, 2.24) is 4.90 Å². The van der Waals surface area contributed by atoms with E-state index in [2.05, 4.69) is 5.32 Å². The van der Waals surface area contributed by atoms with Crippen LogP contribution >= 0.6 is 0 Å². The Morgan fingerprint density at radius 1 is 1.00 bits per heavy atom. The molecule has 0 radical (unpaired) electrons. The van der Waals surface area contributed by atoms with Gasteiger partial charge in [0.05, 0.1) is 12.1 Å². The maximum atomic E-state index is 13.9. The van der Waals surface area contributed by atoms with Crippen molar-refractivity contribution in [3.05, 3.63) is 77.3 Å². The van der Waals surface area contributed by atoms with E-state index in [1.54, 1.807) is 18.2 Å². The Morgan fingerprint density at radius 3 is 2.36 bits per heavy atom. The number of aryl methyl sites for hydroxylation is 2. The maximum absolute atomic E-state index is 13.9. The minimum absolute atomic E-state index is 0.0422. The Labute approximate surface area is 162 Å². The van der Waals surface area contributed by atoms with Crippen LogP contribution < -0.4 is 5.32 Å². The highest BCUT2D eigenvalue weighted by Crippen LogP contribution is 2.25. The van der Waals surface area contributed by atoms with E-state index in [1.807, 2.05) is 32.0 Å². The van der Waals surface area contributed by atoms with Crippen molar-refractivity contribution in [2.24, 2.45) is 0 Å². The topological polar surface area (TPSA) is 62.6 Å². The van der Waals surface area contributed by atoms with E-state index in [0.29, 0.717) is 0 Å². The summed E-state index contributed by atoms with van der Waals surface area (Å²) in [5.41, 5.74) is 2.91. The van der Waals surface area contributed by atoms with Gasteiger partial charge in [0.2, 0.25) is 5.91 Å². The zero-order valence-electron chi connectivity index (χ0n) is 16.0. The van der Waals surface area contributed by atoms with Crippen LogP contribution in [0.1, 0.15) is 21.7 Å². The summed E-state index contributed by atoms with van der Waals surface area (Å²) in [7, 11) is 1.51. The summed E-state index contributed by atoms with van der Waals surface area (Å²) in [6.45, 7) is 3.68. The van der Waals surface area contributed by atoms with Crippen LogP contribution in [0.15, 0.2) is 59.0 Å². The van der Waals surface area contributed by atoms with Gasteiger partial charge in [-0.25, -0.2) is 4.39 Å². The molecule has 5 nitrogen and oxygen atoms in total. The van der Waals surface area contributed by atoms with Gasteiger partial charge in [0, 0.05) is 12.7 Å². The summed E-state index contributed by atoms with van der Waals surface area (Å²) >= 11 is 0. The first-order chi connectivity index (χ1) is 13.4. The van der Waals surface area contributed by atoms with E-state index in [0.717, 1.165) is 16.8 Å². The first kappa shape index (κ1) is 19.4. The number of likely N-dealkylation sites (N-methyl/N-ethyl adjacent to an activating group) is 1. The number of hydrogen-bond donors (Lipinski definition) is 1. The number of carbonyl (C=O) groups is 2. The van der Waals surface area contributed by atoms with Crippen LogP contribution in [0.25, 0.3) is 11.3 Å². The molecule has 0 aliphatic rings. The second kappa shape index (κ2) is 8.08. The van der Waals surface area contributed by atoms with Crippen molar-refractivity contribution in [2.45, 2.75) is 13.8 Å². The van der Waals surface area contributed by atoms with E-state index in [9.17, 15) is 14.0 Å². The summed E-state index contributed by atoms with van der Waals surface area (Å²) < 4.78 is 19.4. The molecule has 0 fully saturated rings. The third-order valence-electron chi connectivity index (χ3n) is 4.43. The third-order valence-corrected chi connectivity index (χ3v) is 4.43. The van der Waals surface area contributed by atoms with Crippen LogP contribution in [-0.4, -0.2) is 30.3 Å². The number of carbonyl (C=O) groups excluding carboxylic acids is 2. The average Bonchev–Trinajstić information content (AvgIpc) is 3.14. The van der Waals surface area contributed by atoms with Crippen molar-refractivity contribution in [2.75, 3.05) is 18.9 Å². The van der Waals surface area contributed by atoms with Crippen molar-refractivity contribution < 1.29 is 18.4 Å². The molecule has 1 aromatic heterocycles. The number of anilines is 1. The molecule has 2 amide bonds. The van der Waals surface area contributed by atoms with Crippen LogP contribution in [0.3, 0.4) is 0 Å². The van der Waals surface area contributed by atoms with Gasteiger partial charge in [0.15, 0.2) is 5.76 Å². The molecule has 1 N–H and O–H groups in total. The lowest BCUT2D eigenvalue weighted by Gasteiger charge is -2.17. The molecule has 144 valence electrons. The van der Waals surface area contributed by atoms with E-state index in [1.165, 1.54) is 30.1 Å². The Balaban J connectivity index is 1.68. The zero-order valence-corrected chi connectivity index (χ0v) is 16.0. The minimum atomic E-state index is -0.459. The Bertz CT molecular complexity index is 1010. The number of hydrogen-bond acceptors (Lipinski definition) is 3. The van der Waals surface area contributed by atoms with Gasteiger partial charge in [-0.3, -0.25) is 9.59 Å². The molecule has 0 aliphatic carbocycles. The van der Waals surface area contributed by atoms with Gasteiger partial charge in [0.1, 0.15) is 11.6 Å². The van der Waals surface area contributed by atoms with Gasteiger partial charge in [-0.1, -0.05) is 30.3 Å². The van der Waals surface area contributed by atoms with Crippen molar-refractivity contribution in [3.8, 4) is 11.3 Å². The molecule has 0 aliphatic heterocycles. The fourth-order valence-electron chi connectivity index (χ4n) is 2.92. The standard InChI is InChI=1S/C22H21FN2O3/c1-14-7-6-8-15(2)21(14)24-20(26)13-25(3)22(27)19-12-11-18(28-19)16-9-4-5-10-17(16)23/h4-12H,13H2,1-3H3,(H,24,26). The lowest BCUT2D eigenvalue weighted by Crippen LogP contribution is -2.35. The van der Waals surface area contributed by atoms with E-state index in [-0.39, 0.29) is 29.5 Å². The molecule has 0 atom stereocenters. The monoisotopic (exact) mass is 380 g/mol. The highest BCUT2D eigenvalue weighted by molar-refractivity contribution is 5.98. The van der Waals surface area contributed by atoms with Crippen LogP contribution in [0.2, 0.25) is 0 Å². The Morgan fingerprint density at radius 2 is 1.68 bits per heavy atom. The zero-order chi connectivity index (χ0) is 20.3. The molecule has 0 spiro atoms. The smallest absolute Gasteiger partial charge is 0.289 e. The maximum Gasteiger partial charge on any atom is 0.289 e. The predicted molar refractivity (Wildman–Crippen MR) is 106 cm³/mol. The van der Waals surface area contributed by atoms with Gasteiger partial charge >= 0.3 is 0 Å². The third kappa shape index (κ3) is 4.11. The SMILES string of the molecule is Cc1cccc(C)c1NC(=O)CN(C)C(=O)c1ccc(-c2ccccc2F)o1. The van der Waals surface area contributed by atoms with Crippen LogP contribution in [0.5, 0.6) is 0 Å². The first-order valence-electron chi connectivity index (χ1n) is 8.83. The lowest BCUT2D eigenvalue weighted by atomic mass is 10.1. The molecule has 3 rings (SSSR count). The summed E-state index contributed by atoms with van der Waals surface area (Å²) in [4.78, 5) is 26.2. The molecule has 0 saturated carbocycles. The largest absolute Gasteiger partial charge is 0.451 e. The van der Waals surface area contributed by atoms with Crippen molar-refractivity contribution in [1.29, 1.82) is 0 Å². The molecule has 0 unspecified atom stereocenters. The molecular formula is C22H21FN2O3. The van der Waals surface area contributed by atoms with Crippen LogP contribution in [0.4, 0.5) is 10.1 Å². The first-order valence-corrected chi connectivity index (χ1v) is 8.83. The molecular weight excluding hydrogens is 359 g/mol. The average molecular weight is 380 g/mol. The quantitative estimate of drug-likeness (QED) is 0.713. The number of furan rings is 1. The van der Waals surface area contributed by atoms with Crippen LogP contribution in [-0.2, 0) is 4.79 Å². The predicted octanol–water partition coefficient (Wildman–Crippen LogP) is 4.41. The van der Waals surface area contributed by atoms with Gasteiger partial charge in [-0.15, -0.1) is 0 Å². The number of rotatable bonds is 5. The van der Waals surface area contributed by atoms with Gasteiger partial charge < -0.3 is 14.6 Å². The van der Waals surface area contributed by atoms with E-state index in [4.69, 9.17) is 4.42 Å². The molecule has 3 aromatic rings. The second-order valence-electron chi connectivity index (χ2n) is 6.62.